The Hall–Kier alpha value is -1.10. The Morgan fingerprint density at radius 2 is 2.06 bits per heavy atom. The number of hydrogen-bond donors (Lipinski definition) is 2. The van der Waals surface area contributed by atoms with Crippen molar-refractivity contribution < 1.29 is 9.59 Å². The number of carbonyl (C=O) groups is 2. The van der Waals surface area contributed by atoms with E-state index in [9.17, 15) is 9.59 Å². The lowest BCUT2D eigenvalue weighted by Crippen LogP contribution is -2.58. The molecule has 2 N–H and O–H groups in total. The van der Waals surface area contributed by atoms with Crippen molar-refractivity contribution in [3.63, 3.8) is 0 Å². The summed E-state index contributed by atoms with van der Waals surface area (Å²) in [5, 5.41) is 5.55. The molecule has 2 amide bonds. The van der Waals surface area contributed by atoms with Gasteiger partial charge in [0.25, 0.3) is 0 Å². The second kappa shape index (κ2) is 5.30. The highest BCUT2D eigenvalue weighted by molar-refractivity contribution is 5.88. The van der Waals surface area contributed by atoms with Gasteiger partial charge < -0.3 is 15.5 Å². The molecule has 92 valence electrons. The smallest absolute Gasteiger partial charge is 0.240 e. The maximum Gasteiger partial charge on any atom is 0.240 e. The molecule has 0 aliphatic carbocycles. The predicted octanol–water partition coefficient (Wildman–Crippen LogP) is -0.423. The minimum Gasteiger partial charge on any atom is -0.358 e. The molecule has 1 fully saturated rings. The summed E-state index contributed by atoms with van der Waals surface area (Å²) >= 11 is 0. The molecule has 1 aliphatic rings. The molecule has 1 rings (SSSR count). The van der Waals surface area contributed by atoms with Crippen molar-refractivity contribution in [2.24, 2.45) is 5.92 Å². The Kier molecular flexibility index (Phi) is 4.29. The van der Waals surface area contributed by atoms with Crippen LogP contribution in [0.25, 0.3) is 0 Å². The molecule has 3 unspecified atom stereocenters. The standard InChI is InChI=1S/C11H21N3O2/c1-7-5-9(12-3)11(16)14(8(7)2)6-10(15)13-4/h7-9,12H,5-6H2,1-4H3,(H,13,15). The van der Waals surface area contributed by atoms with Gasteiger partial charge in [0.05, 0.1) is 12.6 Å². The molecule has 16 heavy (non-hydrogen) atoms. The van der Waals surface area contributed by atoms with Crippen LogP contribution in [0.15, 0.2) is 0 Å². The van der Waals surface area contributed by atoms with Crippen LogP contribution in [0.5, 0.6) is 0 Å². The highest BCUT2D eigenvalue weighted by Gasteiger charge is 2.37. The highest BCUT2D eigenvalue weighted by atomic mass is 16.2. The van der Waals surface area contributed by atoms with Crippen molar-refractivity contribution in [2.75, 3.05) is 20.6 Å². The number of piperidine rings is 1. The van der Waals surface area contributed by atoms with Crippen molar-refractivity contribution in [3.8, 4) is 0 Å². The summed E-state index contributed by atoms with van der Waals surface area (Å²) in [5.74, 6) is 0.306. The van der Waals surface area contributed by atoms with Gasteiger partial charge in [-0.15, -0.1) is 0 Å². The summed E-state index contributed by atoms with van der Waals surface area (Å²) in [7, 11) is 3.36. The summed E-state index contributed by atoms with van der Waals surface area (Å²) in [4.78, 5) is 25.1. The zero-order valence-corrected chi connectivity index (χ0v) is 10.4. The molecule has 0 aromatic rings. The molecule has 0 saturated carbocycles. The summed E-state index contributed by atoms with van der Waals surface area (Å²) in [6.07, 6.45) is 0.834. The third kappa shape index (κ3) is 2.52. The number of likely N-dealkylation sites (N-methyl/N-ethyl adjacent to an activating group) is 2. The fraction of sp³-hybridized carbons (Fsp3) is 0.818. The van der Waals surface area contributed by atoms with Gasteiger partial charge in [-0.2, -0.15) is 0 Å². The molecule has 1 saturated heterocycles. The number of rotatable bonds is 3. The Morgan fingerprint density at radius 1 is 1.44 bits per heavy atom. The van der Waals surface area contributed by atoms with Gasteiger partial charge in [-0.05, 0) is 26.3 Å². The second-order valence-corrected chi connectivity index (χ2v) is 4.43. The van der Waals surface area contributed by atoms with Crippen LogP contribution < -0.4 is 10.6 Å². The van der Waals surface area contributed by atoms with E-state index in [4.69, 9.17) is 0 Å². The first-order valence-electron chi connectivity index (χ1n) is 5.69. The van der Waals surface area contributed by atoms with Crippen LogP contribution >= 0.6 is 0 Å². The fourth-order valence-corrected chi connectivity index (χ4v) is 2.07. The molecule has 5 heteroatoms. The van der Waals surface area contributed by atoms with E-state index in [0.29, 0.717) is 5.92 Å². The van der Waals surface area contributed by atoms with Crippen LogP contribution in [-0.2, 0) is 9.59 Å². The Morgan fingerprint density at radius 3 is 2.56 bits per heavy atom. The van der Waals surface area contributed by atoms with Crippen molar-refractivity contribution in [2.45, 2.75) is 32.4 Å². The van der Waals surface area contributed by atoms with Crippen LogP contribution in [0.2, 0.25) is 0 Å². The third-order valence-electron chi connectivity index (χ3n) is 3.45. The van der Waals surface area contributed by atoms with Crippen molar-refractivity contribution in [1.82, 2.24) is 15.5 Å². The van der Waals surface area contributed by atoms with Gasteiger partial charge in [0.2, 0.25) is 11.8 Å². The average Bonchev–Trinajstić information content (AvgIpc) is 2.28. The first-order chi connectivity index (χ1) is 7.51. The maximum atomic E-state index is 12.0. The van der Waals surface area contributed by atoms with Gasteiger partial charge in [0.15, 0.2) is 0 Å². The van der Waals surface area contributed by atoms with E-state index in [1.54, 1.807) is 19.0 Å². The van der Waals surface area contributed by atoms with Crippen LogP contribution in [-0.4, -0.2) is 49.4 Å². The predicted molar refractivity (Wildman–Crippen MR) is 61.9 cm³/mol. The van der Waals surface area contributed by atoms with Gasteiger partial charge in [-0.25, -0.2) is 0 Å². The summed E-state index contributed by atoms with van der Waals surface area (Å²) in [6, 6.07) is -0.0368. The fourth-order valence-electron chi connectivity index (χ4n) is 2.07. The van der Waals surface area contributed by atoms with E-state index in [1.165, 1.54) is 0 Å². The molecule has 0 bridgehead atoms. The number of hydrogen-bond acceptors (Lipinski definition) is 3. The minimum absolute atomic E-state index is 0.0247. The van der Waals surface area contributed by atoms with Crippen molar-refractivity contribution in [1.29, 1.82) is 0 Å². The van der Waals surface area contributed by atoms with Crippen molar-refractivity contribution in [3.05, 3.63) is 0 Å². The number of amides is 2. The number of nitrogens with one attached hydrogen (secondary N) is 2. The van der Waals surface area contributed by atoms with Gasteiger partial charge in [0, 0.05) is 13.1 Å². The van der Waals surface area contributed by atoms with E-state index < -0.39 is 0 Å². The molecule has 0 spiro atoms. The monoisotopic (exact) mass is 227 g/mol. The van der Waals surface area contributed by atoms with Crippen LogP contribution in [0.4, 0.5) is 0 Å². The van der Waals surface area contributed by atoms with Gasteiger partial charge >= 0.3 is 0 Å². The van der Waals surface area contributed by atoms with Gasteiger partial charge in [-0.1, -0.05) is 6.92 Å². The van der Waals surface area contributed by atoms with E-state index in [0.717, 1.165) is 6.42 Å². The van der Waals surface area contributed by atoms with E-state index in [-0.39, 0.29) is 30.4 Å². The summed E-state index contributed by atoms with van der Waals surface area (Å²) in [6.45, 7) is 4.26. The summed E-state index contributed by atoms with van der Waals surface area (Å²) in [5.41, 5.74) is 0. The minimum atomic E-state index is -0.157. The lowest BCUT2D eigenvalue weighted by molar-refractivity contribution is -0.144. The quantitative estimate of drug-likeness (QED) is 0.688. The number of nitrogens with zero attached hydrogens (tertiary/aromatic N) is 1. The SMILES string of the molecule is CNC(=O)CN1C(=O)C(NC)CC(C)C1C. The molecular weight excluding hydrogens is 206 g/mol. The molecule has 0 radical (unpaired) electrons. The van der Waals surface area contributed by atoms with Gasteiger partial charge in [0.1, 0.15) is 0 Å². The zero-order chi connectivity index (χ0) is 12.3. The molecule has 1 heterocycles. The van der Waals surface area contributed by atoms with E-state index in [1.807, 2.05) is 6.92 Å². The van der Waals surface area contributed by atoms with Gasteiger partial charge in [-0.3, -0.25) is 9.59 Å². The normalized spacial score (nSPS) is 30.4. The molecule has 0 aromatic carbocycles. The molecule has 3 atom stereocenters. The average molecular weight is 227 g/mol. The third-order valence-corrected chi connectivity index (χ3v) is 3.45. The van der Waals surface area contributed by atoms with E-state index in [2.05, 4.69) is 17.6 Å². The zero-order valence-electron chi connectivity index (χ0n) is 10.4. The maximum absolute atomic E-state index is 12.0. The lowest BCUT2D eigenvalue weighted by Gasteiger charge is -2.41. The second-order valence-electron chi connectivity index (χ2n) is 4.43. The van der Waals surface area contributed by atoms with E-state index >= 15 is 0 Å². The van der Waals surface area contributed by atoms with Crippen LogP contribution in [0, 0.1) is 5.92 Å². The Labute approximate surface area is 96.6 Å². The number of carbonyl (C=O) groups excluding carboxylic acids is 2. The van der Waals surface area contributed by atoms with Crippen molar-refractivity contribution >= 4 is 11.8 Å². The molecule has 1 aliphatic heterocycles. The first-order valence-corrected chi connectivity index (χ1v) is 5.69. The highest BCUT2D eigenvalue weighted by Crippen LogP contribution is 2.23. The first kappa shape index (κ1) is 13.0. The molecule has 0 aromatic heterocycles. The largest absolute Gasteiger partial charge is 0.358 e. The number of likely N-dealkylation sites (tertiary alicyclic amines) is 1. The molecular formula is C11H21N3O2. The molecule has 5 nitrogen and oxygen atoms in total. The van der Waals surface area contributed by atoms with Crippen LogP contribution in [0.3, 0.4) is 0 Å². The Bertz CT molecular complexity index is 280. The topological polar surface area (TPSA) is 61.4 Å². The summed E-state index contributed by atoms with van der Waals surface area (Å²) < 4.78 is 0. The lowest BCUT2D eigenvalue weighted by atomic mass is 9.88. The Balaban J connectivity index is 2.77. The van der Waals surface area contributed by atoms with Crippen LogP contribution in [0.1, 0.15) is 20.3 Å².